The van der Waals surface area contributed by atoms with Gasteiger partial charge in [-0.15, -0.1) is 0 Å². The number of benzene rings is 2. The van der Waals surface area contributed by atoms with E-state index in [4.69, 9.17) is 0 Å². The van der Waals surface area contributed by atoms with Gasteiger partial charge in [-0.05, 0) is 36.1 Å². The highest BCUT2D eigenvalue weighted by Gasteiger charge is 2.36. The zero-order valence-electron chi connectivity index (χ0n) is 18.9. The van der Waals surface area contributed by atoms with Gasteiger partial charge < -0.3 is 5.32 Å². The summed E-state index contributed by atoms with van der Waals surface area (Å²) in [5.41, 5.74) is 1.73. The minimum atomic E-state index is -3.37. The topological polar surface area (TPSA) is 69.7 Å². The lowest BCUT2D eigenvalue weighted by Gasteiger charge is -2.34. The smallest absolute Gasteiger partial charge is 0.234 e. The van der Waals surface area contributed by atoms with Crippen molar-refractivity contribution in [2.24, 2.45) is 0 Å². The fourth-order valence-electron chi connectivity index (χ4n) is 4.99. The van der Waals surface area contributed by atoms with Gasteiger partial charge in [0.1, 0.15) is 5.82 Å². The van der Waals surface area contributed by atoms with Gasteiger partial charge in [0.25, 0.3) is 0 Å². The maximum atomic E-state index is 13.4. The Morgan fingerprint density at radius 2 is 1.58 bits per heavy atom. The summed E-state index contributed by atoms with van der Waals surface area (Å²) in [6.45, 7) is 2.65. The first kappa shape index (κ1) is 23.9. The highest BCUT2D eigenvalue weighted by Crippen LogP contribution is 2.40. The minimum absolute atomic E-state index is 0.000204. The first-order valence-electron chi connectivity index (χ1n) is 11.6. The maximum Gasteiger partial charge on any atom is 0.234 e. The summed E-state index contributed by atoms with van der Waals surface area (Å²) in [4.78, 5) is 14.7. The number of nitrogens with one attached hydrogen (secondary N) is 1. The molecular weight excluding hydrogens is 441 g/mol. The average molecular weight is 474 g/mol. The maximum absolute atomic E-state index is 13.4. The molecule has 0 spiro atoms. The molecule has 0 atom stereocenters. The molecule has 1 amide bonds. The number of carbonyl (C=O) groups is 1. The van der Waals surface area contributed by atoms with Gasteiger partial charge in [-0.2, -0.15) is 4.31 Å². The van der Waals surface area contributed by atoms with Gasteiger partial charge in [-0.1, -0.05) is 55.3 Å². The Kier molecular flexibility index (Phi) is 7.46. The summed E-state index contributed by atoms with van der Waals surface area (Å²) in [5, 5.41) is 3.09. The molecule has 0 radical (unpaired) electrons. The van der Waals surface area contributed by atoms with E-state index in [-0.39, 0.29) is 29.4 Å². The van der Waals surface area contributed by atoms with Crippen LogP contribution in [0.15, 0.2) is 54.6 Å². The number of piperazine rings is 1. The molecule has 33 heavy (non-hydrogen) atoms. The average Bonchev–Trinajstić information content (AvgIpc) is 3.29. The molecule has 2 aliphatic rings. The second kappa shape index (κ2) is 10.3. The van der Waals surface area contributed by atoms with Crippen LogP contribution >= 0.6 is 0 Å². The Morgan fingerprint density at radius 1 is 0.939 bits per heavy atom. The SMILES string of the molecule is O=C(CN1CCN(S(=O)(=O)Cc2ccccc2)CC1)NCC1(c2ccc(F)cc2)CCCC1. The Labute approximate surface area is 195 Å². The normalized spacial score (nSPS) is 19.4. The molecule has 0 aromatic heterocycles. The number of nitrogens with zero attached hydrogens (tertiary/aromatic N) is 2. The van der Waals surface area contributed by atoms with Crippen LogP contribution in [0.1, 0.15) is 36.8 Å². The zero-order chi connectivity index (χ0) is 23.3. The molecule has 0 bridgehead atoms. The van der Waals surface area contributed by atoms with E-state index in [9.17, 15) is 17.6 Å². The number of halogens is 1. The standard InChI is InChI=1S/C25H32FN3O3S/c26-23-10-8-22(9-11-23)25(12-4-5-13-25)20-27-24(30)18-28-14-16-29(17-15-28)33(31,32)19-21-6-2-1-3-7-21/h1-3,6-11H,4-5,12-20H2,(H,27,30). The molecule has 178 valence electrons. The molecule has 0 unspecified atom stereocenters. The Bertz CT molecular complexity index is 1030. The fraction of sp³-hybridized carbons (Fsp3) is 0.480. The number of carbonyl (C=O) groups excluding carboxylic acids is 1. The van der Waals surface area contributed by atoms with Crippen molar-refractivity contribution in [3.05, 3.63) is 71.5 Å². The molecule has 1 aliphatic carbocycles. The molecule has 6 nitrogen and oxygen atoms in total. The predicted molar refractivity (Wildman–Crippen MR) is 127 cm³/mol. The van der Waals surface area contributed by atoms with Crippen LogP contribution in [-0.2, 0) is 26.0 Å². The number of hydrogen-bond acceptors (Lipinski definition) is 4. The summed E-state index contributed by atoms with van der Waals surface area (Å²) in [7, 11) is -3.37. The van der Waals surface area contributed by atoms with Crippen molar-refractivity contribution in [2.75, 3.05) is 39.3 Å². The van der Waals surface area contributed by atoms with Crippen LogP contribution in [-0.4, -0.2) is 62.8 Å². The van der Waals surface area contributed by atoms with Crippen molar-refractivity contribution in [3.8, 4) is 0 Å². The molecule has 1 heterocycles. The molecule has 1 saturated carbocycles. The van der Waals surface area contributed by atoms with E-state index >= 15 is 0 Å². The summed E-state index contributed by atoms with van der Waals surface area (Å²) in [6, 6.07) is 15.8. The molecule has 2 aromatic carbocycles. The van der Waals surface area contributed by atoms with Gasteiger partial charge in [-0.25, -0.2) is 12.8 Å². The van der Waals surface area contributed by atoms with Gasteiger partial charge in [0.2, 0.25) is 15.9 Å². The van der Waals surface area contributed by atoms with Crippen molar-refractivity contribution in [1.29, 1.82) is 0 Å². The van der Waals surface area contributed by atoms with Crippen LogP contribution in [0.4, 0.5) is 4.39 Å². The van der Waals surface area contributed by atoms with Crippen LogP contribution in [0.3, 0.4) is 0 Å². The highest BCUT2D eigenvalue weighted by molar-refractivity contribution is 7.88. The van der Waals surface area contributed by atoms with E-state index < -0.39 is 10.0 Å². The Morgan fingerprint density at radius 3 is 2.21 bits per heavy atom. The van der Waals surface area contributed by atoms with Gasteiger partial charge in [0.15, 0.2) is 0 Å². The molecule has 4 rings (SSSR count). The van der Waals surface area contributed by atoms with E-state index in [1.54, 1.807) is 0 Å². The highest BCUT2D eigenvalue weighted by atomic mass is 32.2. The van der Waals surface area contributed by atoms with Crippen LogP contribution in [0.25, 0.3) is 0 Å². The monoisotopic (exact) mass is 473 g/mol. The van der Waals surface area contributed by atoms with E-state index in [0.29, 0.717) is 32.7 Å². The van der Waals surface area contributed by atoms with E-state index in [1.165, 1.54) is 16.4 Å². The van der Waals surface area contributed by atoms with Gasteiger partial charge >= 0.3 is 0 Å². The summed E-state index contributed by atoms with van der Waals surface area (Å²) in [5.74, 6) is -0.301. The number of sulfonamides is 1. The van der Waals surface area contributed by atoms with Crippen molar-refractivity contribution in [3.63, 3.8) is 0 Å². The number of hydrogen-bond donors (Lipinski definition) is 1. The molecular formula is C25H32FN3O3S. The van der Waals surface area contributed by atoms with Crippen molar-refractivity contribution < 1.29 is 17.6 Å². The Hall–Kier alpha value is -2.29. The molecule has 1 saturated heterocycles. The number of amides is 1. The lowest BCUT2D eigenvalue weighted by atomic mass is 9.79. The van der Waals surface area contributed by atoms with Gasteiger partial charge in [-0.3, -0.25) is 9.69 Å². The van der Waals surface area contributed by atoms with E-state index in [0.717, 1.165) is 36.8 Å². The third-order valence-corrected chi connectivity index (χ3v) is 8.78. The largest absolute Gasteiger partial charge is 0.354 e. The van der Waals surface area contributed by atoms with Gasteiger partial charge in [0.05, 0.1) is 12.3 Å². The van der Waals surface area contributed by atoms with E-state index in [2.05, 4.69) is 5.32 Å². The second-order valence-electron chi connectivity index (χ2n) is 9.19. The summed E-state index contributed by atoms with van der Waals surface area (Å²) >= 11 is 0. The first-order chi connectivity index (χ1) is 15.9. The first-order valence-corrected chi connectivity index (χ1v) is 13.2. The van der Waals surface area contributed by atoms with Crippen LogP contribution in [0.2, 0.25) is 0 Å². The molecule has 2 aromatic rings. The lowest BCUT2D eigenvalue weighted by Crippen LogP contribution is -2.52. The summed E-state index contributed by atoms with van der Waals surface area (Å²) < 4.78 is 40.3. The van der Waals surface area contributed by atoms with Crippen LogP contribution in [0, 0.1) is 5.82 Å². The van der Waals surface area contributed by atoms with E-state index in [1.807, 2.05) is 47.4 Å². The molecule has 1 aliphatic heterocycles. The van der Waals surface area contributed by atoms with Gasteiger partial charge in [0, 0.05) is 38.1 Å². The molecule has 8 heteroatoms. The quantitative estimate of drug-likeness (QED) is 0.640. The molecule has 2 fully saturated rings. The van der Waals surface area contributed by atoms with Crippen molar-refractivity contribution in [1.82, 2.24) is 14.5 Å². The van der Waals surface area contributed by atoms with Crippen molar-refractivity contribution in [2.45, 2.75) is 36.9 Å². The third kappa shape index (κ3) is 5.99. The third-order valence-electron chi connectivity index (χ3n) is 6.92. The zero-order valence-corrected chi connectivity index (χ0v) is 19.7. The molecule has 1 N–H and O–H groups in total. The number of rotatable bonds is 8. The Balaban J connectivity index is 1.26. The minimum Gasteiger partial charge on any atom is -0.354 e. The predicted octanol–water partition coefficient (Wildman–Crippen LogP) is 2.90. The van der Waals surface area contributed by atoms with Crippen LogP contribution < -0.4 is 5.32 Å². The van der Waals surface area contributed by atoms with Crippen molar-refractivity contribution >= 4 is 15.9 Å². The van der Waals surface area contributed by atoms with Crippen LogP contribution in [0.5, 0.6) is 0 Å². The lowest BCUT2D eigenvalue weighted by molar-refractivity contribution is -0.122. The summed E-state index contributed by atoms with van der Waals surface area (Å²) in [6.07, 6.45) is 4.17. The second-order valence-corrected chi connectivity index (χ2v) is 11.2. The fourth-order valence-corrected chi connectivity index (χ4v) is 6.51.